The molecule has 0 radical (unpaired) electrons. The lowest BCUT2D eigenvalue weighted by molar-refractivity contribution is -0.117. The van der Waals surface area contributed by atoms with Crippen molar-refractivity contribution in [2.24, 2.45) is 5.92 Å². The Morgan fingerprint density at radius 2 is 2.44 bits per heavy atom. The van der Waals surface area contributed by atoms with Gasteiger partial charge in [-0.1, -0.05) is 11.6 Å². The molecule has 2 rings (SSSR count). The quantitative estimate of drug-likeness (QED) is 0.744. The molecule has 1 aromatic rings. The first-order valence-electron chi connectivity index (χ1n) is 4.56. The number of nitrogens with zero attached hydrogens (tertiary/aromatic N) is 3. The largest absolute Gasteiger partial charge is 0.294 e. The van der Waals surface area contributed by atoms with Crippen LogP contribution in [0, 0.1) is 18.3 Å². The Kier molecular flexibility index (Phi) is 3.13. The second-order valence-corrected chi connectivity index (χ2v) is 4.49. The summed E-state index contributed by atoms with van der Waals surface area (Å²) in [6.45, 7) is 0.474. The van der Waals surface area contributed by atoms with Crippen molar-refractivity contribution in [3.05, 3.63) is 16.0 Å². The van der Waals surface area contributed by atoms with Crippen LogP contribution in [0.15, 0.2) is 10.8 Å². The molecule has 4 nitrogen and oxygen atoms in total. The zero-order chi connectivity index (χ0) is 11.7. The van der Waals surface area contributed by atoms with E-state index in [1.165, 1.54) is 11.1 Å². The summed E-state index contributed by atoms with van der Waals surface area (Å²) >= 11 is 8.95. The fourth-order valence-electron chi connectivity index (χ4n) is 1.51. The third-order valence-electron chi connectivity index (χ3n) is 2.31. The molecule has 2 heterocycles. The summed E-state index contributed by atoms with van der Waals surface area (Å²) in [6.07, 6.45) is 7.14. The van der Waals surface area contributed by atoms with E-state index >= 15 is 0 Å². The zero-order valence-electron chi connectivity index (χ0n) is 8.15. The lowest BCUT2D eigenvalue weighted by atomic mass is 10.1. The number of amides is 1. The molecule has 0 saturated carbocycles. The predicted molar refractivity (Wildman–Crippen MR) is 64.0 cm³/mol. The third kappa shape index (κ3) is 2.04. The Morgan fingerprint density at radius 3 is 3.00 bits per heavy atom. The van der Waals surface area contributed by atoms with Crippen LogP contribution in [0.2, 0.25) is 5.15 Å². The molecule has 1 fully saturated rings. The minimum absolute atomic E-state index is 0.0457. The van der Waals surface area contributed by atoms with Gasteiger partial charge in [0.1, 0.15) is 4.60 Å². The molecule has 1 unspecified atom stereocenters. The molecule has 1 atom stereocenters. The first kappa shape index (κ1) is 11.4. The van der Waals surface area contributed by atoms with Crippen LogP contribution in [0.1, 0.15) is 6.42 Å². The van der Waals surface area contributed by atoms with Crippen molar-refractivity contribution in [2.45, 2.75) is 6.42 Å². The van der Waals surface area contributed by atoms with Crippen LogP contribution >= 0.6 is 27.5 Å². The fourth-order valence-corrected chi connectivity index (χ4v) is 1.84. The highest BCUT2D eigenvalue weighted by molar-refractivity contribution is 9.10. The van der Waals surface area contributed by atoms with Crippen molar-refractivity contribution in [1.29, 1.82) is 0 Å². The van der Waals surface area contributed by atoms with Gasteiger partial charge in [0, 0.05) is 18.9 Å². The van der Waals surface area contributed by atoms with Crippen LogP contribution in [0.5, 0.6) is 0 Å². The van der Waals surface area contributed by atoms with E-state index in [-0.39, 0.29) is 17.0 Å². The standard InChI is InChI=1S/C10H7BrClN3O/c1-2-6-3-8(16)15(5-6)7-4-13-9(11)10(12)14-7/h1,4,6H,3,5H2. The number of hydrogen-bond donors (Lipinski definition) is 0. The highest BCUT2D eigenvalue weighted by Crippen LogP contribution is 2.25. The maximum absolute atomic E-state index is 11.6. The fraction of sp³-hybridized carbons (Fsp3) is 0.300. The summed E-state index contributed by atoms with van der Waals surface area (Å²) < 4.78 is 0.457. The van der Waals surface area contributed by atoms with E-state index in [9.17, 15) is 4.79 Å². The number of carbonyl (C=O) groups excluding carboxylic acids is 1. The molecule has 0 spiro atoms. The highest BCUT2D eigenvalue weighted by Gasteiger charge is 2.30. The van der Waals surface area contributed by atoms with Gasteiger partial charge in [0.25, 0.3) is 0 Å². The monoisotopic (exact) mass is 299 g/mol. The predicted octanol–water partition coefficient (Wildman–Crippen LogP) is 1.88. The first-order chi connectivity index (χ1) is 7.61. The first-order valence-corrected chi connectivity index (χ1v) is 5.73. The smallest absolute Gasteiger partial charge is 0.229 e. The van der Waals surface area contributed by atoms with Crippen molar-refractivity contribution < 1.29 is 4.79 Å². The minimum Gasteiger partial charge on any atom is -0.294 e. The molecule has 0 N–H and O–H groups in total. The molecule has 0 aliphatic carbocycles. The number of anilines is 1. The lowest BCUT2D eigenvalue weighted by Crippen LogP contribution is -2.25. The molecule has 1 amide bonds. The Bertz CT molecular complexity index is 485. The third-order valence-corrected chi connectivity index (χ3v) is 3.39. The van der Waals surface area contributed by atoms with E-state index in [2.05, 4.69) is 31.8 Å². The maximum Gasteiger partial charge on any atom is 0.229 e. The number of halogens is 2. The normalized spacial score (nSPS) is 19.9. The van der Waals surface area contributed by atoms with Crippen LogP contribution in [-0.4, -0.2) is 22.4 Å². The number of hydrogen-bond acceptors (Lipinski definition) is 3. The second-order valence-electron chi connectivity index (χ2n) is 3.38. The van der Waals surface area contributed by atoms with E-state index < -0.39 is 0 Å². The summed E-state index contributed by atoms with van der Waals surface area (Å²) in [7, 11) is 0. The van der Waals surface area contributed by atoms with Gasteiger partial charge in [-0.15, -0.1) is 12.3 Å². The summed E-state index contributed by atoms with van der Waals surface area (Å²) in [5, 5.41) is 0.231. The van der Waals surface area contributed by atoms with Crippen LogP contribution in [0.25, 0.3) is 0 Å². The summed E-state index contributed by atoms with van der Waals surface area (Å²) in [4.78, 5) is 21.2. The van der Waals surface area contributed by atoms with E-state index in [1.807, 2.05) is 0 Å². The average molecular weight is 301 g/mol. The van der Waals surface area contributed by atoms with Gasteiger partial charge in [0.05, 0.1) is 6.20 Å². The van der Waals surface area contributed by atoms with Gasteiger partial charge in [-0.2, -0.15) is 0 Å². The summed E-state index contributed by atoms with van der Waals surface area (Å²) in [5.74, 6) is 2.90. The van der Waals surface area contributed by atoms with Crippen molar-refractivity contribution in [1.82, 2.24) is 9.97 Å². The molecule has 6 heteroatoms. The molecular weight excluding hydrogens is 293 g/mol. The van der Waals surface area contributed by atoms with E-state index in [0.29, 0.717) is 23.4 Å². The topological polar surface area (TPSA) is 46.1 Å². The number of rotatable bonds is 1. The van der Waals surface area contributed by atoms with Crippen molar-refractivity contribution >= 4 is 39.3 Å². The number of terminal acetylenes is 1. The van der Waals surface area contributed by atoms with Crippen molar-refractivity contribution in [3.63, 3.8) is 0 Å². The minimum atomic E-state index is -0.0586. The van der Waals surface area contributed by atoms with Gasteiger partial charge in [0.2, 0.25) is 5.91 Å². The molecule has 1 aliphatic heterocycles. The Morgan fingerprint density at radius 1 is 1.69 bits per heavy atom. The molecule has 0 aromatic carbocycles. The second kappa shape index (κ2) is 4.40. The average Bonchev–Trinajstić information content (AvgIpc) is 2.64. The van der Waals surface area contributed by atoms with Crippen LogP contribution in [-0.2, 0) is 4.79 Å². The maximum atomic E-state index is 11.6. The molecule has 1 aromatic heterocycles. The van der Waals surface area contributed by atoms with Crippen LogP contribution < -0.4 is 4.90 Å². The Labute approximate surface area is 106 Å². The van der Waals surface area contributed by atoms with Crippen molar-refractivity contribution in [3.8, 4) is 12.3 Å². The van der Waals surface area contributed by atoms with E-state index in [0.717, 1.165) is 0 Å². The van der Waals surface area contributed by atoms with Gasteiger partial charge >= 0.3 is 0 Å². The number of aromatic nitrogens is 2. The summed E-state index contributed by atoms with van der Waals surface area (Å²) in [5.41, 5.74) is 0. The Balaban J connectivity index is 2.29. The molecule has 82 valence electrons. The van der Waals surface area contributed by atoms with E-state index in [4.69, 9.17) is 18.0 Å². The molecule has 0 bridgehead atoms. The van der Waals surface area contributed by atoms with Gasteiger partial charge in [0.15, 0.2) is 11.0 Å². The summed E-state index contributed by atoms with van der Waals surface area (Å²) in [6, 6.07) is 0. The van der Waals surface area contributed by atoms with Crippen molar-refractivity contribution in [2.75, 3.05) is 11.4 Å². The van der Waals surface area contributed by atoms with Gasteiger partial charge in [-0.3, -0.25) is 9.69 Å². The molecule has 1 saturated heterocycles. The zero-order valence-corrected chi connectivity index (χ0v) is 10.5. The van der Waals surface area contributed by atoms with Gasteiger partial charge in [-0.25, -0.2) is 9.97 Å². The molecule has 16 heavy (non-hydrogen) atoms. The van der Waals surface area contributed by atoms with Crippen LogP contribution in [0.3, 0.4) is 0 Å². The van der Waals surface area contributed by atoms with Crippen LogP contribution in [0.4, 0.5) is 5.82 Å². The van der Waals surface area contributed by atoms with Gasteiger partial charge in [-0.05, 0) is 15.9 Å². The lowest BCUT2D eigenvalue weighted by Gasteiger charge is -2.14. The highest BCUT2D eigenvalue weighted by atomic mass is 79.9. The van der Waals surface area contributed by atoms with Gasteiger partial charge < -0.3 is 0 Å². The SMILES string of the molecule is C#CC1CC(=O)N(c2cnc(Br)c(Cl)n2)C1. The molecular formula is C10H7BrClN3O. The Hall–Kier alpha value is -1.12. The molecule has 1 aliphatic rings. The van der Waals surface area contributed by atoms with E-state index in [1.54, 1.807) is 0 Å². The number of carbonyl (C=O) groups is 1.